The summed E-state index contributed by atoms with van der Waals surface area (Å²) in [4.78, 5) is 19.1. The average molecular weight is 434 g/mol. The fourth-order valence-electron chi connectivity index (χ4n) is 5.30. The van der Waals surface area contributed by atoms with Crippen LogP contribution in [0.15, 0.2) is 48.5 Å². The van der Waals surface area contributed by atoms with Crippen LogP contribution in [0.5, 0.6) is 0 Å². The molecule has 1 atom stereocenters. The Hall–Kier alpha value is -3.03. The highest BCUT2D eigenvalue weighted by molar-refractivity contribution is 5.99. The van der Waals surface area contributed by atoms with E-state index in [0.29, 0.717) is 48.8 Å². The Balaban J connectivity index is 1.75. The monoisotopic (exact) mass is 433 g/mol. The molecule has 0 saturated heterocycles. The Labute approximate surface area is 186 Å². The maximum absolute atomic E-state index is 14.3. The number of nitrogens with zero attached hydrogens (tertiary/aromatic N) is 2. The van der Waals surface area contributed by atoms with E-state index in [1.165, 1.54) is 12.1 Å². The number of halogens is 1. The highest BCUT2D eigenvalue weighted by atomic mass is 19.1. The van der Waals surface area contributed by atoms with Crippen LogP contribution in [-0.2, 0) is 16.9 Å². The normalized spacial score (nSPS) is 22.0. The van der Waals surface area contributed by atoms with Gasteiger partial charge >= 0.3 is 0 Å². The van der Waals surface area contributed by atoms with Crippen molar-refractivity contribution in [1.29, 1.82) is 0 Å². The summed E-state index contributed by atoms with van der Waals surface area (Å²) in [5.41, 5.74) is 14.6. The summed E-state index contributed by atoms with van der Waals surface area (Å²) in [6.45, 7) is 2.87. The van der Waals surface area contributed by atoms with E-state index in [2.05, 4.69) is 5.32 Å². The second kappa shape index (κ2) is 7.53. The molecule has 2 aliphatic rings. The third kappa shape index (κ3) is 3.07. The molecular weight excluding hydrogens is 405 g/mol. The largest absolute Gasteiger partial charge is 0.383 e. The predicted octanol–water partition coefficient (Wildman–Crippen LogP) is 3.27. The second-order valence-electron chi connectivity index (χ2n) is 9.13. The average Bonchev–Trinajstić information content (AvgIpc) is 3.39. The van der Waals surface area contributed by atoms with Gasteiger partial charge in [0.25, 0.3) is 0 Å². The lowest BCUT2D eigenvalue weighted by molar-refractivity contribution is -0.131. The zero-order valence-electron chi connectivity index (χ0n) is 18.2. The van der Waals surface area contributed by atoms with Crippen LogP contribution in [0.4, 0.5) is 10.2 Å². The summed E-state index contributed by atoms with van der Waals surface area (Å²) in [6, 6.07) is 14.1. The van der Waals surface area contributed by atoms with Crippen LogP contribution < -0.4 is 16.8 Å². The number of carbonyl (C=O) groups excluding carboxylic acids is 1. The Bertz CT molecular complexity index is 1160. The molecule has 5 rings (SSSR count). The topological polar surface area (TPSA) is 99.0 Å². The number of imidazole rings is 1. The molecule has 5 N–H and O–H groups in total. The molecule has 0 bridgehead atoms. The lowest BCUT2D eigenvalue weighted by Crippen LogP contribution is -2.63. The zero-order valence-corrected chi connectivity index (χ0v) is 18.2. The molecule has 1 saturated carbocycles. The lowest BCUT2D eigenvalue weighted by atomic mass is 9.74. The summed E-state index contributed by atoms with van der Waals surface area (Å²) in [5, 5.41) is 3.39. The van der Waals surface area contributed by atoms with Crippen molar-refractivity contribution in [1.82, 2.24) is 14.9 Å². The molecule has 1 aliphatic carbocycles. The summed E-state index contributed by atoms with van der Waals surface area (Å²) in [5.74, 6) is 0.704. The van der Waals surface area contributed by atoms with Crippen molar-refractivity contribution in [3.63, 3.8) is 0 Å². The Kier molecular flexibility index (Phi) is 4.91. The number of nitrogen functional groups attached to an aromatic ring is 1. The van der Waals surface area contributed by atoms with Gasteiger partial charge in [-0.15, -0.1) is 0 Å². The van der Waals surface area contributed by atoms with Gasteiger partial charge in [-0.25, -0.2) is 9.37 Å². The molecule has 166 valence electrons. The van der Waals surface area contributed by atoms with Crippen molar-refractivity contribution in [2.24, 2.45) is 5.73 Å². The van der Waals surface area contributed by atoms with E-state index in [-0.39, 0.29) is 11.6 Å². The number of ketones is 1. The molecule has 1 aliphatic heterocycles. The van der Waals surface area contributed by atoms with Crippen molar-refractivity contribution < 1.29 is 9.18 Å². The first-order chi connectivity index (χ1) is 15.3. The lowest BCUT2D eigenvalue weighted by Gasteiger charge is -2.43. The highest BCUT2D eigenvalue weighted by Crippen LogP contribution is 2.43. The number of rotatable bonds is 4. The third-order valence-electron chi connectivity index (χ3n) is 7.00. The predicted molar refractivity (Wildman–Crippen MR) is 122 cm³/mol. The van der Waals surface area contributed by atoms with Crippen LogP contribution in [0, 0.1) is 12.7 Å². The molecule has 1 aromatic heterocycles. The number of carbonyl (C=O) groups is 1. The minimum atomic E-state index is -1.10. The molecule has 0 radical (unpaired) electrons. The number of aryl methyl sites for hydroxylation is 1. The van der Waals surface area contributed by atoms with Gasteiger partial charge in [0, 0.05) is 12.1 Å². The number of hydrogen-bond acceptors (Lipinski definition) is 5. The minimum Gasteiger partial charge on any atom is -0.383 e. The van der Waals surface area contributed by atoms with E-state index < -0.39 is 11.1 Å². The maximum atomic E-state index is 14.3. The highest BCUT2D eigenvalue weighted by Gasteiger charge is 2.54. The van der Waals surface area contributed by atoms with Gasteiger partial charge in [-0.05, 0) is 49.6 Å². The van der Waals surface area contributed by atoms with Crippen molar-refractivity contribution in [3.8, 4) is 11.3 Å². The number of anilines is 1. The fraction of sp³-hybridized carbons (Fsp3) is 0.360. The summed E-state index contributed by atoms with van der Waals surface area (Å²) >= 11 is 0. The second-order valence-corrected chi connectivity index (χ2v) is 9.13. The van der Waals surface area contributed by atoms with Crippen LogP contribution in [0.1, 0.15) is 42.6 Å². The molecule has 7 heteroatoms. The van der Waals surface area contributed by atoms with Crippen LogP contribution in [0.2, 0.25) is 0 Å². The van der Waals surface area contributed by atoms with Crippen molar-refractivity contribution in [2.45, 2.75) is 50.2 Å². The third-order valence-corrected chi connectivity index (χ3v) is 7.00. The zero-order chi connectivity index (χ0) is 22.5. The Morgan fingerprint density at radius 1 is 1.09 bits per heavy atom. The van der Waals surface area contributed by atoms with Crippen molar-refractivity contribution >= 4 is 11.6 Å². The van der Waals surface area contributed by atoms with E-state index in [1.54, 1.807) is 12.1 Å². The first-order valence-electron chi connectivity index (χ1n) is 11.1. The molecule has 0 amide bonds. The summed E-state index contributed by atoms with van der Waals surface area (Å²) in [7, 11) is 0. The number of hydrogen-bond donors (Lipinski definition) is 3. The fourth-order valence-corrected chi connectivity index (χ4v) is 5.30. The van der Waals surface area contributed by atoms with Gasteiger partial charge < -0.3 is 16.8 Å². The van der Waals surface area contributed by atoms with Gasteiger partial charge in [0.1, 0.15) is 28.7 Å². The van der Waals surface area contributed by atoms with Crippen molar-refractivity contribution in [3.05, 3.63) is 71.3 Å². The molecule has 3 aromatic rings. The molecule has 2 aromatic carbocycles. The number of nitrogens with one attached hydrogen (secondary N) is 1. The molecule has 1 unspecified atom stereocenters. The van der Waals surface area contributed by atoms with E-state index in [1.807, 2.05) is 35.8 Å². The van der Waals surface area contributed by atoms with E-state index in [9.17, 15) is 9.18 Å². The smallest absolute Gasteiger partial charge is 0.184 e. The maximum Gasteiger partial charge on any atom is 0.184 e. The van der Waals surface area contributed by atoms with Crippen LogP contribution in [-0.4, -0.2) is 27.4 Å². The molecule has 1 fully saturated rings. The first kappa shape index (κ1) is 20.8. The number of benzene rings is 2. The summed E-state index contributed by atoms with van der Waals surface area (Å²) < 4.78 is 15.4. The standard InChI is InChI=1S/C25H28FN5O/c1-16-4-8-18(9-5-16)25(23(32)24(28)12-2-3-13-24)15-29-14-20-30-21(22(27)31(20)25)17-6-10-19(26)11-7-17/h4-11,29H,2-3,12-15,27-28H2,1H3. The molecular formula is C25H28FN5O. The van der Waals surface area contributed by atoms with E-state index >= 15 is 0 Å². The minimum absolute atomic E-state index is 0.0328. The SMILES string of the molecule is Cc1ccc(C2(C(=O)C3(N)CCCC3)CNCc3nc(-c4ccc(F)cc4)c(N)n32)cc1. The van der Waals surface area contributed by atoms with E-state index in [0.717, 1.165) is 24.0 Å². The summed E-state index contributed by atoms with van der Waals surface area (Å²) in [6.07, 6.45) is 3.20. The Morgan fingerprint density at radius 2 is 1.75 bits per heavy atom. The van der Waals surface area contributed by atoms with Gasteiger partial charge in [-0.1, -0.05) is 42.7 Å². The molecule has 32 heavy (non-hydrogen) atoms. The van der Waals surface area contributed by atoms with Gasteiger partial charge in [-0.2, -0.15) is 0 Å². The molecule has 6 nitrogen and oxygen atoms in total. The first-order valence-corrected chi connectivity index (χ1v) is 11.1. The number of nitrogens with two attached hydrogens (primary N) is 2. The van der Waals surface area contributed by atoms with Crippen molar-refractivity contribution in [2.75, 3.05) is 12.3 Å². The van der Waals surface area contributed by atoms with Crippen LogP contribution >= 0.6 is 0 Å². The molecule has 2 heterocycles. The molecule has 0 spiro atoms. The van der Waals surface area contributed by atoms with Gasteiger partial charge in [0.15, 0.2) is 5.78 Å². The van der Waals surface area contributed by atoms with Crippen LogP contribution in [0.3, 0.4) is 0 Å². The van der Waals surface area contributed by atoms with E-state index in [4.69, 9.17) is 16.5 Å². The number of fused-ring (bicyclic) bond motifs is 1. The quantitative estimate of drug-likeness (QED) is 0.587. The van der Waals surface area contributed by atoms with Gasteiger partial charge in [-0.3, -0.25) is 9.36 Å². The number of Topliss-reactive ketones (excluding diaryl/α,β-unsaturated/α-hetero) is 1. The van der Waals surface area contributed by atoms with Gasteiger partial charge in [0.05, 0.1) is 12.1 Å². The van der Waals surface area contributed by atoms with Crippen LogP contribution in [0.25, 0.3) is 11.3 Å². The Morgan fingerprint density at radius 3 is 2.41 bits per heavy atom. The number of aromatic nitrogens is 2. The van der Waals surface area contributed by atoms with Gasteiger partial charge in [0.2, 0.25) is 0 Å².